The quantitative estimate of drug-likeness (QED) is 0.612. The number of rotatable bonds is 4. The van der Waals surface area contributed by atoms with Crippen LogP contribution in [0.3, 0.4) is 0 Å². The van der Waals surface area contributed by atoms with Crippen LogP contribution >= 0.6 is 0 Å². The van der Waals surface area contributed by atoms with E-state index in [0.29, 0.717) is 43.4 Å². The maximum Gasteiger partial charge on any atom is 0.412 e. The average Bonchev–Trinajstić information content (AvgIpc) is 2.67. The van der Waals surface area contributed by atoms with Gasteiger partial charge < -0.3 is 14.4 Å². The molecule has 2 aromatic rings. The number of carbonyl (C=O) groups excluding carboxylic acids is 1. The highest BCUT2D eigenvalue weighted by atomic mass is 16.6. The molecular formula is C19H23N5O5. The number of anilines is 2. The van der Waals surface area contributed by atoms with Crippen LogP contribution in [-0.4, -0.2) is 52.9 Å². The fourth-order valence-corrected chi connectivity index (χ4v) is 2.77. The summed E-state index contributed by atoms with van der Waals surface area (Å²) in [6, 6.07) is 6.85. The third kappa shape index (κ3) is 5.38. The Hall–Kier alpha value is -3.27. The molecular weight excluding hydrogens is 378 g/mol. The summed E-state index contributed by atoms with van der Waals surface area (Å²) in [5, 5.41) is 14.0. The highest BCUT2D eigenvalue weighted by Crippen LogP contribution is 2.29. The topological polar surface area (TPSA) is 120 Å². The largest absolute Gasteiger partial charge is 0.444 e. The van der Waals surface area contributed by atoms with Gasteiger partial charge in [0.25, 0.3) is 0 Å². The van der Waals surface area contributed by atoms with E-state index in [0.717, 1.165) is 0 Å². The van der Waals surface area contributed by atoms with Gasteiger partial charge >= 0.3 is 11.8 Å². The summed E-state index contributed by atoms with van der Waals surface area (Å²) in [5.41, 5.74) is 0.494. The van der Waals surface area contributed by atoms with Gasteiger partial charge in [-0.3, -0.25) is 15.4 Å². The number of aromatic nitrogens is 2. The maximum absolute atomic E-state index is 11.9. The van der Waals surface area contributed by atoms with Crippen molar-refractivity contribution in [2.45, 2.75) is 26.4 Å². The Labute approximate surface area is 168 Å². The van der Waals surface area contributed by atoms with E-state index in [9.17, 15) is 14.9 Å². The van der Waals surface area contributed by atoms with Crippen LogP contribution in [0.4, 0.5) is 22.0 Å². The fraction of sp³-hybridized carbons (Fsp3) is 0.421. The van der Waals surface area contributed by atoms with Crippen LogP contribution in [0.25, 0.3) is 11.4 Å². The van der Waals surface area contributed by atoms with Crippen molar-refractivity contribution >= 4 is 23.3 Å². The molecule has 10 nitrogen and oxygen atoms in total. The number of benzene rings is 1. The molecule has 0 bridgehead atoms. The third-order valence-corrected chi connectivity index (χ3v) is 4.05. The predicted molar refractivity (Wildman–Crippen MR) is 107 cm³/mol. The molecule has 1 N–H and O–H groups in total. The van der Waals surface area contributed by atoms with Gasteiger partial charge in [0.2, 0.25) is 5.82 Å². The van der Waals surface area contributed by atoms with E-state index in [-0.39, 0.29) is 11.5 Å². The third-order valence-electron chi connectivity index (χ3n) is 4.05. The fourth-order valence-electron chi connectivity index (χ4n) is 2.77. The lowest BCUT2D eigenvalue weighted by atomic mass is 10.2. The van der Waals surface area contributed by atoms with Crippen LogP contribution in [-0.2, 0) is 9.47 Å². The van der Waals surface area contributed by atoms with E-state index in [1.54, 1.807) is 45.0 Å². The molecule has 2 heterocycles. The normalized spacial score (nSPS) is 14.4. The predicted octanol–water partition coefficient (Wildman–Crippen LogP) is 3.24. The number of nitrogens with zero attached hydrogens (tertiary/aromatic N) is 4. The van der Waals surface area contributed by atoms with Gasteiger partial charge in [0.15, 0.2) is 5.82 Å². The minimum Gasteiger partial charge on any atom is -0.444 e. The number of nitrogens with one attached hydrogen (secondary N) is 1. The lowest BCUT2D eigenvalue weighted by molar-refractivity contribution is -0.384. The number of nitro groups is 1. The molecule has 1 aromatic heterocycles. The number of carbonyl (C=O) groups is 1. The second-order valence-electron chi connectivity index (χ2n) is 7.46. The molecule has 1 aliphatic heterocycles. The van der Waals surface area contributed by atoms with Gasteiger partial charge in [-0.1, -0.05) is 0 Å². The van der Waals surface area contributed by atoms with Gasteiger partial charge in [0, 0.05) is 24.3 Å². The minimum atomic E-state index is -0.591. The van der Waals surface area contributed by atoms with E-state index >= 15 is 0 Å². The zero-order chi connectivity index (χ0) is 21.0. The van der Waals surface area contributed by atoms with Gasteiger partial charge in [-0.05, 0) is 45.0 Å². The maximum atomic E-state index is 11.9. The van der Waals surface area contributed by atoms with Gasteiger partial charge in [-0.2, -0.15) is 0 Å². The van der Waals surface area contributed by atoms with Crippen LogP contribution in [0.1, 0.15) is 20.8 Å². The molecule has 10 heteroatoms. The van der Waals surface area contributed by atoms with Crippen molar-refractivity contribution in [2.24, 2.45) is 0 Å². The van der Waals surface area contributed by atoms with Crippen molar-refractivity contribution in [3.05, 3.63) is 40.6 Å². The molecule has 0 atom stereocenters. The van der Waals surface area contributed by atoms with Crippen LogP contribution in [0, 0.1) is 10.1 Å². The van der Waals surface area contributed by atoms with Gasteiger partial charge in [-0.25, -0.2) is 14.8 Å². The molecule has 1 amide bonds. The van der Waals surface area contributed by atoms with Crippen molar-refractivity contribution in [2.75, 3.05) is 36.5 Å². The van der Waals surface area contributed by atoms with E-state index < -0.39 is 16.6 Å². The summed E-state index contributed by atoms with van der Waals surface area (Å²) in [6.45, 7) is 7.38. The van der Waals surface area contributed by atoms with Crippen molar-refractivity contribution in [1.82, 2.24) is 9.97 Å². The first kappa shape index (κ1) is 20.5. The molecule has 0 spiro atoms. The van der Waals surface area contributed by atoms with E-state index in [2.05, 4.69) is 15.3 Å². The SMILES string of the molecule is CC(C)(C)OC(=O)Nc1ccc(-c2ncc([N+](=O)[O-])c(N3CCOCC3)n2)cc1. The van der Waals surface area contributed by atoms with Crippen molar-refractivity contribution in [1.29, 1.82) is 0 Å². The monoisotopic (exact) mass is 401 g/mol. The molecule has 1 aromatic carbocycles. The van der Waals surface area contributed by atoms with Crippen molar-refractivity contribution in [3.8, 4) is 11.4 Å². The Morgan fingerprint density at radius 2 is 1.90 bits per heavy atom. The number of hydrogen-bond acceptors (Lipinski definition) is 8. The Morgan fingerprint density at radius 3 is 2.48 bits per heavy atom. The molecule has 3 rings (SSSR count). The molecule has 1 aliphatic rings. The number of amides is 1. The standard InChI is InChI=1S/C19H23N5O5/c1-19(2,3)29-18(25)21-14-6-4-13(5-7-14)16-20-12-15(24(26)27)17(22-16)23-8-10-28-11-9-23/h4-7,12H,8-11H2,1-3H3,(H,21,25). The van der Waals surface area contributed by atoms with Gasteiger partial charge in [0.1, 0.15) is 11.8 Å². The molecule has 29 heavy (non-hydrogen) atoms. The summed E-state index contributed by atoms with van der Waals surface area (Å²) in [6.07, 6.45) is 0.673. The van der Waals surface area contributed by atoms with Crippen molar-refractivity contribution < 1.29 is 19.2 Å². The number of morpholine rings is 1. The van der Waals surface area contributed by atoms with E-state index in [1.807, 2.05) is 4.90 Å². The van der Waals surface area contributed by atoms with Crippen LogP contribution in [0.15, 0.2) is 30.5 Å². The first-order valence-electron chi connectivity index (χ1n) is 9.17. The first-order chi connectivity index (χ1) is 13.7. The van der Waals surface area contributed by atoms with Gasteiger partial charge in [-0.15, -0.1) is 0 Å². The van der Waals surface area contributed by atoms with Gasteiger partial charge in [0.05, 0.1) is 18.1 Å². The Bertz CT molecular complexity index is 889. The van der Waals surface area contributed by atoms with Crippen molar-refractivity contribution in [3.63, 3.8) is 0 Å². The first-order valence-corrected chi connectivity index (χ1v) is 9.17. The van der Waals surface area contributed by atoms with Crippen LogP contribution in [0.2, 0.25) is 0 Å². The molecule has 154 valence electrons. The smallest absolute Gasteiger partial charge is 0.412 e. The number of hydrogen-bond donors (Lipinski definition) is 1. The summed E-state index contributed by atoms with van der Waals surface area (Å²) in [4.78, 5) is 33.2. The zero-order valence-corrected chi connectivity index (χ0v) is 16.5. The lowest BCUT2D eigenvalue weighted by Gasteiger charge is -2.27. The molecule has 0 unspecified atom stereocenters. The summed E-state index contributed by atoms with van der Waals surface area (Å²) in [7, 11) is 0. The summed E-state index contributed by atoms with van der Waals surface area (Å²) < 4.78 is 10.5. The average molecular weight is 401 g/mol. The second-order valence-corrected chi connectivity index (χ2v) is 7.46. The molecule has 0 aliphatic carbocycles. The molecule has 0 saturated carbocycles. The molecule has 1 fully saturated rings. The molecule has 0 radical (unpaired) electrons. The summed E-state index contributed by atoms with van der Waals surface area (Å²) in [5.74, 6) is 0.639. The van der Waals surface area contributed by atoms with E-state index in [1.165, 1.54) is 6.20 Å². The highest BCUT2D eigenvalue weighted by Gasteiger charge is 2.25. The summed E-state index contributed by atoms with van der Waals surface area (Å²) >= 11 is 0. The van der Waals surface area contributed by atoms with Crippen LogP contribution < -0.4 is 10.2 Å². The Balaban J connectivity index is 1.81. The molecule has 1 saturated heterocycles. The minimum absolute atomic E-state index is 0.140. The number of ether oxygens (including phenoxy) is 2. The zero-order valence-electron chi connectivity index (χ0n) is 16.5. The Kier molecular flexibility index (Phi) is 5.92. The lowest BCUT2D eigenvalue weighted by Crippen LogP contribution is -2.37. The van der Waals surface area contributed by atoms with E-state index in [4.69, 9.17) is 9.47 Å². The second kappa shape index (κ2) is 8.39. The van der Waals surface area contributed by atoms with Crippen LogP contribution in [0.5, 0.6) is 0 Å². The highest BCUT2D eigenvalue weighted by molar-refractivity contribution is 5.85. The Morgan fingerprint density at radius 1 is 1.24 bits per heavy atom.